The van der Waals surface area contributed by atoms with E-state index in [4.69, 9.17) is 9.47 Å². The van der Waals surface area contributed by atoms with E-state index < -0.39 is 0 Å². The molecule has 0 amide bonds. The summed E-state index contributed by atoms with van der Waals surface area (Å²) >= 11 is 0. The number of fused-ring (bicyclic) bond motifs is 7. The molecule has 29 heavy (non-hydrogen) atoms. The second kappa shape index (κ2) is 7.27. The summed E-state index contributed by atoms with van der Waals surface area (Å²) in [5.74, 6) is 1.93. The molecule has 2 atom stereocenters. The highest BCUT2D eigenvalue weighted by Gasteiger charge is 2.38. The number of aliphatic hydroxyl groups is 1. The van der Waals surface area contributed by atoms with Gasteiger partial charge in [-0.05, 0) is 59.4 Å². The first-order chi connectivity index (χ1) is 14.2. The second-order valence-electron chi connectivity index (χ2n) is 8.03. The molecule has 4 nitrogen and oxygen atoms in total. The zero-order chi connectivity index (χ0) is 20.0. The fourth-order valence-corrected chi connectivity index (χ4v) is 5.30. The zero-order valence-electron chi connectivity index (χ0n) is 17.0. The van der Waals surface area contributed by atoms with Crippen molar-refractivity contribution in [1.82, 2.24) is 0 Å². The van der Waals surface area contributed by atoms with Crippen LogP contribution in [-0.2, 0) is 6.42 Å². The van der Waals surface area contributed by atoms with Gasteiger partial charge in [-0.15, -0.1) is 0 Å². The number of anilines is 1. The summed E-state index contributed by atoms with van der Waals surface area (Å²) in [5.41, 5.74) is 5.39. The topological polar surface area (TPSA) is 41.9 Å². The van der Waals surface area contributed by atoms with E-state index in [1.807, 2.05) is 0 Å². The predicted molar refractivity (Wildman–Crippen MR) is 116 cm³/mol. The molecule has 2 aliphatic rings. The van der Waals surface area contributed by atoms with E-state index in [-0.39, 0.29) is 12.6 Å². The fraction of sp³-hybridized carbons (Fsp3) is 0.360. The van der Waals surface area contributed by atoms with Crippen LogP contribution >= 0.6 is 0 Å². The SMILES string of the molecule is COc1cc2c(cc1OC)[C@H]1C[C@@H](CCO)c3ccc4ccccc4c3N1CC2. The van der Waals surface area contributed by atoms with Crippen molar-refractivity contribution >= 4 is 16.5 Å². The third-order valence-corrected chi connectivity index (χ3v) is 6.65. The Morgan fingerprint density at radius 1 is 1.00 bits per heavy atom. The summed E-state index contributed by atoms with van der Waals surface area (Å²) in [6, 6.07) is 17.7. The van der Waals surface area contributed by atoms with Gasteiger partial charge >= 0.3 is 0 Å². The maximum Gasteiger partial charge on any atom is 0.161 e. The van der Waals surface area contributed by atoms with Gasteiger partial charge in [-0.3, -0.25) is 0 Å². The van der Waals surface area contributed by atoms with Crippen molar-refractivity contribution in [2.45, 2.75) is 31.2 Å². The summed E-state index contributed by atoms with van der Waals surface area (Å²) in [7, 11) is 3.39. The Morgan fingerprint density at radius 3 is 2.59 bits per heavy atom. The third-order valence-electron chi connectivity index (χ3n) is 6.65. The van der Waals surface area contributed by atoms with E-state index in [9.17, 15) is 5.11 Å². The average Bonchev–Trinajstić information content (AvgIpc) is 2.77. The molecule has 0 unspecified atom stereocenters. The number of nitrogens with zero attached hydrogens (tertiary/aromatic N) is 1. The van der Waals surface area contributed by atoms with Gasteiger partial charge in [0.05, 0.1) is 20.3 Å². The second-order valence-corrected chi connectivity index (χ2v) is 8.03. The molecule has 0 fully saturated rings. The number of rotatable bonds is 4. The number of aliphatic hydroxyl groups excluding tert-OH is 1. The number of methoxy groups -OCH3 is 2. The van der Waals surface area contributed by atoms with Crippen molar-refractivity contribution in [3.63, 3.8) is 0 Å². The highest BCUT2D eigenvalue weighted by atomic mass is 16.5. The number of benzene rings is 3. The Hall–Kier alpha value is -2.72. The van der Waals surface area contributed by atoms with E-state index in [2.05, 4.69) is 53.4 Å². The van der Waals surface area contributed by atoms with E-state index in [1.54, 1.807) is 14.2 Å². The molecule has 2 aliphatic heterocycles. The van der Waals surface area contributed by atoms with E-state index in [0.29, 0.717) is 5.92 Å². The van der Waals surface area contributed by atoms with Crippen LogP contribution in [0.3, 0.4) is 0 Å². The van der Waals surface area contributed by atoms with Crippen molar-refractivity contribution < 1.29 is 14.6 Å². The Balaban J connectivity index is 1.70. The molecule has 150 valence electrons. The molecule has 0 radical (unpaired) electrons. The van der Waals surface area contributed by atoms with Crippen molar-refractivity contribution in [2.75, 3.05) is 32.3 Å². The molecule has 0 saturated heterocycles. The summed E-state index contributed by atoms with van der Waals surface area (Å²) in [5, 5.41) is 12.3. The van der Waals surface area contributed by atoms with Gasteiger partial charge in [0.2, 0.25) is 0 Å². The Bertz CT molecular complexity index is 1060. The number of hydrogen-bond acceptors (Lipinski definition) is 4. The lowest BCUT2D eigenvalue weighted by molar-refractivity contribution is 0.266. The van der Waals surface area contributed by atoms with Crippen LogP contribution in [0.5, 0.6) is 11.5 Å². The summed E-state index contributed by atoms with van der Waals surface area (Å²) in [4.78, 5) is 2.58. The smallest absolute Gasteiger partial charge is 0.161 e. The minimum Gasteiger partial charge on any atom is -0.493 e. The fourth-order valence-electron chi connectivity index (χ4n) is 5.30. The van der Waals surface area contributed by atoms with Gasteiger partial charge in [0.1, 0.15) is 0 Å². The van der Waals surface area contributed by atoms with Crippen LogP contribution in [0.2, 0.25) is 0 Å². The molecule has 0 spiro atoms. The van der Waals surface area contributed by atoms with Crippen molar-refractivity contribution in [3.8, 4) is 11.5 Å². The van der Waals surface area contributed by atoms with Gasteiger partial charge in [0, 0.05) is 24.2 Å². The van der Waals surface area contributed by atoms with Crippen LogP contribution in [0.15, 0.2) is 48.5 Å². The van der Waals surface area contributed by atoms with E-state index in [0.717, 1.165) is 37.3 Å². The van der Waals surface area contributed by atoms with Crippen LogP contribution in [0.25, 0.3) is 10.8 Å². The predicted octanol–water partition coefficient (Wildman–Crippen LogP) is 4.83. The van der Waals surface area contributed by atoms with Crippen molar-refractivity contribution in [3.05, 3.63) is 65.2 Å². The Kier molecular flexibility index (Phi) is 4.59. The van der Waals surface area contributed by atoms with Crippen molar-refractivity contribution in [2.24, 2.45) is 0 Å². The first-order valence-electron chi connectivity index (χ1n) is 10.4. The molecular weight excluding hydrogens is 362 g/mol. The highest BCUT2D eigenvalue weighted by molar-refractivity contribution is 5.97. The van der Waals surface area contributed by atoms with Crippen molar-refractivity contribution in [1.29, 1.82) is 0 Å². The van der Waals surface area contributed by atoms with Crippen LogP contribution in [0.1, 0.15) is 41.5 Å². The summed E-state index contributed by atoms with van der Waals surface area (Å²) < 4.78 is 11.2. The standard InChI is InChI=1S/C25H27NO3/c1-28-23-14-17-9-11-26-22(21(17)15-24(23)29-2)13-18(10-12-27)20-8-7-16-5-3-4-6-19(16)25(20)26/h3-8,14-15,18,22,27H,9-13H2,1-2H3/t18-,22-/m1/s1. The molecule has 3 aromatic rings. The van der Waals surface area contributed by atoms with Crippen LogP contribution < -0.4 is 14.4 Å². The lowest BCUT2D eigenvalue weighted by Gasteiger charge is -2.46. The van der Waals surface area contributed by atoms with Gasteiger partial charge in [-0.1, -0.05) is 36.4 Å². The van der Waals surface area contributed by atoms with Gasteiger partial charge in [0.25, 0.3) is 0 Å². The van der Waals surface area contributed by atoms with E-state index >= 15 is 0 Å². The molecule has 4 heteroatoms. The molecule has 0 aliphatic carbocycles. The van der Waals surface area contributed by atoms with Crippen LogP contribution in [0.4, 0.5) is 5.69 Å². The third kappa shape index (κ3) is 2.85. The Morgan fingerprint density at radius 2 is 1.79 bits per heavy atom. The largest absolute Gasteiger partial charge is 0.493 e. The number of ether oxygens (including phenoxy) is 2. The van der Waals surface area contributed by atoms with E-state index in [1.165, 1.54) is 33.2 Å². The van der Waals surface area contributed by atoms with Gasteiger partial charge in [-0.25, -0.2) is 0 Å². The highest BCUT2D eigenvalue weighted by Crippen LogP contribution is 2.52. The molecule has 0 bridgehead atoms. The Labute approximate surface area is 171 Å². The summed E-state index contributed by atoms with van der Waals surface area (Å²) in [6.45, 7) is 1.20. The minimum absolute atomic E-state index is 0.211. The van der Waals surface area contributed by atoms with Gasteiger partial charge in [-0.2, -0.15) is 0 Å². The normalized spacial score (nSPS) is 20.0. The molecular formula is C25H27NO3. The zero-order valence-corrected chi connectivity index (χ0v) is 17.0. The quantitative estimate of drug-likeness (QED) is 0.694. The first-order valence-corrected chi connectivity index (χ1v) is 10.4. The lowest BCUT2D eigenvalue weighted by Crippen LogP contribution is -2.40. The molecule has 0 aromatic heterocycles. The molecule has 0 saturated carbocycles. The molecule has 1 N–H and O–H groups in total. The number of hydrogen-bond donors (Lipinski definition) is 1. The molecule has 3 aromatic carbocycles. The maximum atomic E-state index is 9.75. The first kappa shape index (κ1) is 18.3. The molecule has 5 rings (SSSR count). The van der Waals surface area contributed by atoms with Crippen LogP contribution in [-0.4, -0.2) is 32.5 Å². The van der Waals surface area contributed by atoms with Gasteiger partial charge < -0.3 is 19.5 Å². The monoisotopic (exact) mass is 389 g/mol. The average molecular weight is 389 g/mol. The van der Waals surface area contributed by atoms with Gasteiger partial charge in [0.15, 0.2) is 11.5 Å². The maximum absolute atomic E-state index is 9.75. The molecule has 2 heterocycles. The lowest BCUT2D eigenvalue weighted by atomic mass is 9.77. The minimum atomic E-state index is 0.211. The summed E-state index contributed by atoms with van der Waals surface area (Å²) in [6.07, 6.45) is 2.78. The van der Waals surface area contributed by atoms with Crippen LogP contribution in [0, 0.1) is 0 Å².